The van der Waals surface area contributed by atoms with Crippen LogP contribution in [-0.4, -0.2) is 27.1 Å². The molecule has 0 heterocycles. The van der Waals surface area contributed by atoms with Gasteiger partial charge in [0.05, 0.1) is 17.7 Å². The van der Waals surface area contributed by atoms with Crippen LogP contribution in [0.25, 0.3) is 0 Å². The maximum absolute atomic E-state index is 12.1. The van der Waals surface area contributed by atoms with E-state index < -0.39 is 10.0 Å². The van der Waals surface area contributed by atoms with Crippen LogP contribution in [0.5, 0.6) is 5.75 Å². The first-order chi connectivity index (χ1) is 10.4. The molecule has 2 N–H and O–H groups in total. The highest BCUT2D eigenvalue weighted by molar-refractivity contribution is 9.10. The molecule has 2 aromatic carbocycles. The van der Waals surface area contributed by atoms with Gasteiger partial charge in [0.25, 0.3) is 16.5 Å². The third-order valence-corrected chi connectivity index (χ3v) is 4.17. The van der Waals surface area contributed by atoms with Crippen LogP contribution in [0.1, 0.15) is 0 Å². The second kappa shape index (κ2) is 8.40. The van der Waals surface area contributed by atoms with E-state index in [9.17, 15) is 13.5 Å². The van der Waals surface area contributed by atoms with Gasteiger partial charge in [0.15, 0.2) is 0 Å². The van der Waals surface area contributed by atoms with E-state index in [4.69, 9.17) is 4.79 Å². The second-order valence-corrected chi connectivity index (χ2v) is 6.54. The first kappa shape index (κ1) is 18.0. The molecule has 0 saturated carbocycles. The van der Waals surface area contributed by atoms with Gasteiger partial charge in [0.2, 0.25) is 0 Å². The number of aromatic hydroxyl groups is 1. The molecule has 0 aliphatic heterocycles. The number of phenols is 1. The van der Waals surface area contributed by atoms with Crippen molar-refractivity contribution in [3.8, 4) is 5.75 Å². The van der Waals surface area contributed by atoms with Gasteiger partial charge in [0, 0.05) is 10.5 Å². The molecular weight excluding hydrogens is 374 g/mol. The molecule has 0 spiro atoms. The van der Waals surface area contributed by atoms with Crippen LogP contribution >= 0.6 is 15.9 Å². The Morgan fingerprint density at radius 1 is 1.18 bits per heavy atom. The highest BCUT2D eigenvalue weighted by atomic mass is 79.9. The lowest BCUT2D eigenvalue weighted by atomic mass is 10.3. The Balaban J connectivity index is 0.000000541. The summed E-state index contributed by atoms with van der Waals surface area (Å²) < 4.78 is 31.0. The molecule has 0 fully saturated rings. The van der Waals surface area contributed by atoms with E-state index >= 15 is 0 Å². The molecule has 0 aromatic heterocycles. The maximum atomic E-state index is 12.1. The standard InChI is InChI=1S/C12H10BrNO3S.C2H4O2/c13-9-3-1-6-12(7-9)18(16,17)14-10-4-2-5-11(15)8-10;1-4-2-3/h1-8,14-15H;2H,1H3. The molecule has 0 bridgehead atoms. The molecule has 0 radical (unpaired) electrons. The summed E-state index contributed by atoms with van der Waals surface area (Å²) >= 11 is 3.22. The predicted octanol–water partition coefficient (Wildman–Crippen LogP) is 2.74. The van der Waals surface area contributed by atoms with Gasteiger partial charge in [-0.15, -0.1) is 0 Å². The van der Waals surface area contributed by atoms with E-state index in [2.05, 4.69) is 25.4 Å². The summed E-state index contributed by atoms with van der Waals surface area (Å²) in [4.78, 5) is 9.10. The van der Waals surface area contributed by atoms with Crippen molar-refractivity contribution < 1.29 is 23.1 Å². The zero-order valence-electron chi connectivity index (χ0n) is 11.6. The number of ether oxygens (including phenoxy) is 1. The minimum absolute atomic E-state index is 0.00411. The second-order valence-electron chi connectivity index (χ2n) is 3.95. The van der Waals surface area contributed by atoms with Gasteiger partial charge in [-0.05, 0) is 30.3 Å². The van der Waals surface area contributed by atoms with Crippen molar-refractivity contribution in [2.45, 2.75) is 4.90 Å². The van der Waals surface area contributed by atoms with Gasteiger partial charge in [-0.25, -0.2) is 8.42 Å². The largest absolute Gasteiger partial charge is 0.508 e. The Hall–Kier alpha value is -2.06. The number of phenolic OH excluding ortho intramolecular Hbond substituents is 1. The molecule has 22 heavy (non-hydrogen) atoms. The van der Waals surface area contributed by atoms with E-state index in [1.54, 1.807) is 24.3 Å². The quantitative estimate of drug-likeness (QED) is 0.786. The minimum atomic E-state index is -3.64. The fourth-order valence-electron chi connectivity index (χ4n) is 1.42. The Morgan fingerprint density at radius 2 is 1.82 bits per heavy atom. The summed E-state index contributed by atoms with van der Waals surface area (Å²) in [6.45, 7) is 0.375. The Kier molecular flexibility index (Phi) is 6.87. The average molecular weight is 388 g/mol. The smallest absolute Gasteiger partial charge is 0.292 e. The van der Waals surface area contributed by atoms with Crippen LogP contribution in [0.15, 0.2) is 57.9 Å². The number of rotatable bonds is 4. The number of nitrogens with one attached hydrogen (secondary N) is 1. The number of halogens is 1. The van der Waals surface area contributed by atoms with Gasteiger partial charge in [-0.3, -0.25) is 9.52 Å². The number of carbonyl (C=O) groups is 1. The first-order valence-corrected chi connectivity index (χ1v) is 8.20. The fourth-order valence-corrected chi connectivity index (χ4v) is 3.06. The summed E-state index contributed by atoms with van der Waals surface area (Å²) in [6.07, 6.45) is 0. The van der Waals surface area contributed by atoms with Gasteiger partial charge in [-0.2, -0.15) is 0 Å². The van der Waals surface area contributed by atoms with Crippen LogP contribution < -0.4 is 4.72 Å². The normalized spacial score (nSPS) is 10.1. The molecule has 8 heteroatoms. The van der Waals surface area contributed by atoms with E-state index in [1.165, 1.54) is 31.4 Å². The van der Waals surface area contributed by atoms with E-state index in [1.807, 2.05) is 0 Å². The van der Waals surface area contributed by atoms with Gasteiger partial charge in [0.1, 0.15) is 5.75 Å². The molecular formula is C14H14BrNO5S. The summed E-state index contributed by atoms with van der Waals surface area (Å²) in [7, 11) is -2.33. The van der Waals surface area contributed by atoms with Crippen LogP contribution in [0.2, 0.25) is 0 Å². The third kappa shape index (κ3) is 5.74. The molecule has 0 aliphatic carbocycles. The van der Waals surface area contributed by atoms with Crippen LogP contribution in [-0.2, 0) is 19.6 Å². The maximum Gasteiger partial charge on any atom is 0.292 e. The minimum Gasteiger partial charge on any atom is -0.508 e. The molecule has 0 saturated heterocycles. The molecule has 6 nitrogen and oxygen atoms in total. The van der Waals surface area contributed by atoms with Crippen molar-refractivity contribution in [3.05, 3.63) is 53.0 Å². The first-order valence-electron chi connectivity index (χ1n) is 5.93. The highest BCUT2D eigenvalue weighted by Gasteiger charge is 2.14. The van der Waals surface area contributed by atoms with Crippen LogP contribution in [0.3, 0.4) is 0 Å². The number of carbonyl (C=O) groups excluding carboxylic acids is 1. The predicted molar refractivity (Wildman–Crippen MR) is 86.1 cm³/mol. The van der Waals surface area contributed by atoms with Crippen molar-refractivity contribution >= 4 is 38.1 Å². The molecule has 0 atom stereocenters. The SMILES string of the molecule is COC=O.O=S(=O)(Nc1cccc(O)c1)c1cccc(Br)c1. The summed E-state index contributed by atoms with van der Waals surface area (Å²) in [5, 5.41) is 9.28. The van der Waals surface area contributed by atoms with Crippen molar-refractivity contribution in [2.24, 2.45) is 0 Å². The number of hydrogen-bond acceptors (Lipinski definition) is 5. The lowest BCUT2D eigenvalue weighted by Gasteiger charge is -2.08. The lowest BCUT2D eigenvalue weighted by Crippen LogP contribution is -2.12. The number of sulfonamides is 1. The average Bonchev–Trinajstić information content (AvgIpc) is 2.47. The van der Waals surface area contributed by atoms with Gasteiger partial charge >= 0.3 is 0 Å². The Labute approximate surface area is 136 Å². The zero-order valence-corrected chi connectivity index (χ0v) is 14.0. The van der Waals surface area contributed by atoms with E-state index in [-0.39, 0.29) is 10.6 Å². The van der Waals surface area contributed by atoms with Crippen LogP contribution in [0.4, 0.5) is 5.69 Å². The van der Waals surface area contributed by atoms with Crippen molar-refractivity contribution in [1.82, 2.24) is 0 Å². The van der Waals surface area contributed by atoms with Crippen molar-refractivity contribution in [1.29, 1.82) is 0 Å². The summed E-state index contributed by atoms with van der Waals surface area (Å²) in [6, 6.07) is 12.3. The molecule has 0 unspecified atom stereocenters. The molecule has 118 valence electrons. The number of methoxy groups -OCH3 is 1. The Morgan fingerprint density at radius 3 is 2.36 bits per heavy atom. The number of hydrogen-bond donors (Lipinski definition) is 2. The highest BCUT2D eigenvalue weighted by Crippen LogP contribution is 2.21. The third-order valence-electron chi connectivity index (χ3n) is 2.30. The number of benzene rings is 2. The number of anilines is 1. The van der Waals surface area contributed by atoms with Crippen LogP contribution in [0, 0.1) is 0 Å². The topological polar surface area (TPSA) is 92.7 Å². The van der Waals surface area contributed by atoms with Gasteiger partial charge < -0.3 is 9.84 Å². The van der Waals surface area contributed by atoms with E-state index in [0.29, 0.717) is 16.6 Å². The molecule has 0 amide bonds. The monoisotopic (exact) mass is 387 g/mol. The summed E-state index contributed by atoms with van der Waals surface area (Å²) in [5.74, 6) is 0.00411. The van der Waals surface area contributed by atoms with E-state index in [0.717, 1.165) is 0 Å². The summed E-state index contributed by atoms with van der Waals surface area (Å²) in [5.41, 5.74) is 0.315. The van der Waals surface area contributed by atoms with Gasteiger partial charge in [-0.1, -0.05) is 28.1 Å². The molecule has 2 rings (SSSR count). The fraction of sp³-hybridized carbons (Fsp3) is 0.0714. The molecule has 0 aliphatic rings. The lowest BCUT2D eigenvalue weighted by molar-refractivity contribution is -0.126. The van der Waals surface area contributed by atoms with Crippen molar-refractivity contribution in [3.63, 3.8) is 0 Å². The molecule has 2 aromatic rings. The van der Waals surface area contributed by atoms with Crippen molar-refractivity contribution in [2.75, 3.05) is 11.8 Å². The zero-order chi connectivity index (χ0) is 16.6. The Bertz CT molecular complexity index is 734.